The van der Waals surface area contributed by atoms with Gasteiger partial charge in [0.1, 0.15) is 0 Å². The number of hydrogen-bond donors (Lipinski definition) is 0. The van der Waals surface area contributed by atoms with Gasteiger partial charge in [0, 0.05) is 13.1 Å². The third kappa shape index (κ3) is 4.30. The van der Waals surface area contributed by atoms with Crippen LogP contribution in [0.15, 0.2) is 0 Å². The molecular formula is C14H23N3O3S. The highest BCUT2D eigenvalue weighted by Crippen LogP contribution is 2.29. The first kappa shape index (κ1) is 16.0. The molecule has 0 N–H and O–H groups in total. The highest BCUT2D eigenvalue weighted by molar-refractivity contribution is 6.99. The number of aromatic nitrogens is 2. The third-order valence-electron chi connectivity index (χ3n) is 3.52. The van der Waals surface area contributed by atoms with E-state index in [4.69, 9.17) is 9.47 Å². The van der Waals surface area contributed by atoms with E-state index in [1.807, 2.05) is 6.92 Å². The normalized spacial score (nSPS) is 17.1. The highest BCUT2D eigenvalue weighted by atomic mass is 32.1. The van der Waals surface area contributed by atoms with Crippen LogP contribution in [0.2, 0.25) is 0 Å². The fraction of sp³-hybridized carbons (Fsp3) is 0.786. The lowest BCUT2D eigenvalue weighted by Crippen LogP contribution is -2.30. The van der Waals surface area contributed by atoms with Crippen molar-refractivity contribution in [3.63, 3.8) is 0 Å². The van der Waals surface area contributed by atoms with Crippen LogP contribution in [0.25, 0.3) is 0 Å². The molecule has 0 aliphatic carbocycles. The van der Waals surface area contributed by atoms with Crippen molar-refractivity contribution in [3.8, 4) is 5.88 Å². The number of ether oxygens (including phenoxy) is 2. The second-order valence-electron chi connectivity index (χ2n) is 5.06. The average molecular weight is 313 g/mol. The van der Waals surface area contributed by atoms with Crippen molar-refractivity contribution >= 4 is 23.5 Å². The molecule has 0 aromatic carbocycles. The van der Waals surface area contributed by atoms with E-state index in [-0.39, 0.29) is 5.97 Å². The molecule has 2 heterocycles. The van der Waals surface area contributed by atoms with Gasteiger partial charge < -0.3 is 14.4 Å². The molecule has 1 aromatic heterocycles. The van der Waals surface area contributed by atoms with Crippen LogP contribution in [-0.4, -0.2) is 40.5 Å². The van der Waals surface area contributed by atoms with Crippen molar-refractivity contribution in [1.29, 1.82) is 0 Å². The molecular weight excluding hydrogens is 290 g/mol. The van der Waals surface area contributed by atoms with Gasteiger partial charge in [0.05, 0.1) is 18.3 Å². The van der Waals surface area contributed by atoms with E-state index >= 15 is 0 Å². The van der Waals surface area contributed by atoms with E-state index in [1.54, 1.807) is 6.92 Å². The number of anilines is 1. The first-order chi connectivity index (χ1) is 10.3. The van der Waals surface area contributed by atoms with Crippen molar-refractivity contribution in [3.05, 3.63) is 0 Å². The summed E-state index contributed by atoms with van der Waals surface area (Å²) in [5, 5.41) is 0. The molecule has 6 nitrogen and oxygen atoms in total. The Morgan fingerprint density at radius 3 is 2.57 bits per heavy atom. The van der Waals surface area contributed by atoms with Crippen molar-refractivity contribution in [2.45, 2.75) is 52.1 Å². The van der Waals surface area contributed by atoms with Crippen molar-refractivity contribution in [1.82, 2.24) is 8.75 Å². The first-order valence-corrected chi connectivity index (χ1v) is 8.40. The number of carbonyl (C=O) groups is 1. The lowest BCUT2D eigenvalue weighted by molar-refractivity contribution is -0.151. The van der Waals surface area contributed by atoms with Gasteiger partial charge in [-0.25, -0.2) is 4.79 Å². The first-order valence-electron chi connectivity index (χ1n) is 7.67. The van der Waals surface area contributed by atoms with E-state index in [9.17, 15) is 4.79 Å². The molecule has 0 amide bonds. The summed E-state index contributed by atoms with van der Waals surface area (Å²) in [6, 6.07) is 0. The van der Waals surface area contributed by atoms with Gasteiger partial charge in [-0.05, 0) is 26.2 Å². The maximum absolute atomic E-state index is 11.8. The van der Waals surface area contributed by atoms with E-state index in [2.05, 4.69) is 13.6 Å². The Labute approximate surface area is 129 Å². The van der Waals surface area contributed by atoms with E-state index in [0.29, 0.717) is 18.9 Å². The Bertz CT molecular complexity index is 444. The molecule has 0 radical (unpaired) electrons. The number of hydrogen-bond acceptors (Lipinski definition) is 7. The summed E-state index contributed by atoms with van der Waals surface area (Å²) < 4.78 is 19.4. The molecule has 1 aliphatic heterocycles. The van der Waals surface area contributed by atoms with Crippen molar-refractivity contribution < 1.29 is 14.3 Å². The minimum Gasteiger partial charge on any atom is -0.463 e. The van der Waals surface area contributed by atoms with Crippen LogP contribution in [0.3, 0.4) is 0 Å². The monoisotopic (exact) mass is 313 g/mol. The summed E-state index contributed by atoms with van der Waals surface area (Å²) in [5.74, 6) is 0.890. The quantitative estimate of drug-likeness (QED) is 0.752. The second kappa shape index (κ2) is 8.17. The molecule has 1 unspecified atom stereocenters. The number of esters is 1. The Kier molecular flexibility index (Phi) is 6.22. The molecule has 21 heavy (non-hydrogen) atoms. The molecule has 1 aromatic rings. The van der Waals surface area contributed by atoms with Crippen molar-refractivity contribution in [2.75, 3.05) is 24.6 Å². The molecule has 1 fully saturated rings. The summed E-state index contributed by atoms with van der Waals surface area (Å²) in [4.78, 5) is 14.0. The zero-order valence-electron chi connectivity index (χ0n) is 12.7. The van der Waals surface area contributed by atoms with Gasteiger partial charge in [0.25, 0.3) is 5.88 Å². The predicted octanol–water partition coefficient (Wildman–Crippen LogP) is 2.64. The maximum Gasteiger partial charge on any atom is 0.347 e. The smallest absolute Gasteiger partial charge is 0.347 e. The molecule has 2 rings (SSSR count). The van der Waals surface area contributed by atoms with Crippen LogP contribution in [0, 0.1) is 0 Å². The number of rotatable bonds is 6. The average Bonchev–Trinajstić information content (AvgIpc) is 2.77. The van der Waals surface area contributed by atoms with E-state index in [1.165, 1.54) is 12.8 Å². The Morgan fingerprint density at radius 1 is 1.24 bits per heavy atom. The van der Waals surface area contributed by atoms with Gasteiger partial charge in [-0.1, -0.05) is 19.8 Å². The highest BCUT2D eigenvalue weighted by Gasteiger charge is 2.25. The minimum atomic E-state index is -0.612. The van der Waals surface area contributed by atoms with E-state index in [0.717, 1.165) is 43.5 Å². The van der Waals surface area contributed by atoms with E-state index < -0.39 is 6.10 Å². The largest absolute Gasteiger partial charge is 0.463 e. The third-order valence-corrected chi connectivity index (χ3v) is 4.02. The standard InChI is InChI=1S/C14H23N3O3S/c1-3-11(14(18)19-4-2)20-13-12(15-21-16-13)17-9-7-5-6-8-10-17/h11H,3-10H2,1-2H3. The molecule has 0 spiro atoms. The molecule has 0 saturated carbocycles. The predicted molar refractivity (Wildman–Crippen MR) is 81.9 cm³/mol. The zero-order chi connectivity index (χ0) is 15.1. The second-order valence-corrected chi connectivity index (χ2v) is 5.59. The Morgan fingerprint density at radius 2 is 1.95 bits per heavy atom. The topological polar surface area (TPSA) is 64.5 Å². The summed E-state index contributed by atoms with van der Waals surface area (Å²) in [6.07, 6.45) is 4.77. The molecule has 1 aliphatic rings. The fourth-order valence-corrected chi connectivity index (χ4v) is 2.90. The Balaban J connectivity index is 2.06. The van der Waals surface area contributed by atoms with Gasteiger partial charge in [-0.2, -0.15) is 4.37 Å². The number of carbonyl (C=O) groups excluding carboxylic acids is 1. The Hall–Kier alpha value is -1.37. The lowest BCUT2D eigenvalue weighted by atomic mass is 10.2. The van der Waals surface area contributed by atoms with Crippen LogP contribution in [0.5, 0.6) is 5.88 Å². The SMILES string of the molecule is CCOC(=O)C(CC)Oc1nsnc1N1CCCCCC1. The molecule has 1 saturated heterocycles. The van der Waals surface area contributed by atoms with Crippen LogP contribution in [0.1, 0.15) is 46.0 Å². The lowest BCUT2D eigenvalue weighted by Gasteiger charge is -2.21. The van der Waals surface area contributed by atoms with Crippen LogP contribution in [-0.2, 0) is 9.53 Å². The summed E-state index contributed by atoms with van der Waals surface area (Å²) in [7, 11) is 0. The summed E-state index contributed by atoms with van der Waals surface area (Å²) >= 11 is 1.13. The molecule has 0 bridgehead atoms. The van der Waals surface area contributed by atoms with Gasteiger partial charge in [-0.3, -0.25) is 0 Å². The fourth-order valence-electron chi connectivity index (χ4n) is 2.39. The maximum atomic E-state index is 11.8. The van der Waals surface area contributed by atoms with Gasteiger partial charge in [0.15, 0.2) is 6.10 Å². The molecule has 118 valence electrons. The van der Waals surface area contributed by atoms with Crippen LogP contribution >= 0.6 is 11.7 Å². The summed E-state index contributed by atoms with van der Waals surface area (Å²) in [6.45, 7) is 5.98. The van der Waals surface area contributed by atoms with Crippen LogP contribution in [0.4, 0.5) is 5.82 Å². The van der Waals surface area contributed by atoms with Gasteiger partial charge >= 0.3 is 5.97 Å². The van der Waals surface area contributed by atoms with Crippen molar-refractivity contribution in [2.24, 2.45) is 0 Å². The zero-order valence-corrected chi connectivity index (χ0v) is 13.5. The van der Waals surface area contributed by atoms with Gasteiger partial charge in [0.2, 0.25) is 5.82 Å². The molecule has 1 atom stereocenters. The minimum absolute atomic E-state index is 0.338. The summed E-state index contributed by atoms with van der Waals surface area (Å²) in [5.41, 5.74) is 0. The molecule has 7 heteroatoms. The van der Waals surface area contributed by atoms with Crippen LogP contribution < -0.4 is 9.64 Å². The van der Waals surface area contributed by atoms with Gasteiger partial charge in [-0.15, -0.1) is 4.37 Å². The number of nitrogens with zero attached hydrogens (tertiary/aromatic N) is 3.